The molecule has 0 heterocycles. The quantitative estimate of drug-likeness (QED) is 0.311. The lowest BCUT2D eigenvalue weighted by Crippen LogP contribution is -2.11. The Hall–Kier alpha value is -3.58. The summed E-state index contributed by atoms with van der Waals surface area (Å²) in [7, 11) is 0. The summed E-state index contributed by atoms with van der Waals surface area (Å²) in [5, 5.41) is 0. The molecule has 0 aromatic heterocycles. The molecular weight excluding hydrogens is 362 g/mol. The van der Waals surface area contributed by atoms with Crippen LogP contribution >= 0.6 is 0 Å². The summed E-state index contributed by atoms with van der Waals surface area (Å²) < 4.78 is 0. The molecule has 4 rings (SSSR count). The van der Waals surface area contributed by atoms with E-state index in [0.717, 1.165) is 5.69 Å². The lowest BCUT2D eigenvalue weighted by molar-refractivity contribution is 1.23. The van der Waals surface area contributed by atoms with Crippen LogP contribution in [0.15, 0.2) is 97.1 Å². The van der Waals surface area contributed by atoms with Crippen LogP contribution in [-0.2, 0) is 0 Å². The molecule has 1 heteroatoms. The highest BCUT2D eigenvalue weighted by atomic mass is 15.1. The van der Waals surface area contributed by atoms with Crippen molar-refractivity contribution in [2.45, 2.75) is 20.8 Å². The standard InChI is InChI=1S/C29H27N/c1-22-9-16-27(17-10-22)30(29-20-11-23(2)21-24(29)3)28-18-14-26(15-19-28)13-12-25-7-5-4-6-8-25/h4-21H,1-3H3. The van der Waals surface area contributed by atoms with Crippen LogP contribution < -0.4 is 4.90 Å². The van der Waals surface area contributed by atoms with Crippen LogP contribution in [0.25, 0.3) is 12.2 Å². The minimum atomic E-state index is 1.16. The first-order valence-corrected chi connectivity index (χ1v) is 10.4. The molecule has 30 heavy (non-hydrogen) atoms. The van der Waals surface area contributed by atoms with Crippen LogP contribution in [0, 0.1) is 20.8 Å². The zero-order valence-corrected chi connectivity index (χ0v) is 17.8. The lowest BCUT2D eigenvalue weighted by atomic mass is 10.1. The van der Waals surface area contributed by atoms with Crippen molar-refractivity contribution in [1.29, 1.82) is 0 Å². The van der Waals surface area contributed by atoms with Crippen LogP contribution in [0.4, 0.5) is 17.1 Å². The number of hydrogen-bond donors (Lipinski definition) is 0. The average molecular weight is 390 g/mol. The average Bonchev–Trinajstić information content (AvgIpc) is 2.77. The molecule has 0 aliphatic rings. The summed E-state index contributed by atoms with van der Waals surface area (Å²) >= 11 is 0. The molecular formula is C29H27N. The van der Waals surface area contributed by atoms with Crippen LogP contribution in [0.1, 0.15) is 27.8 Å². The minimum absolute atomic E-state index is 1.16. The molecule has 0 saturated carbocycles. The number of anilines is 3. The third-order valence-electron chi connectivity index (χ3n) is 5.30. The monoisotopic (exact) mass is 389 g/mol. The maximum absolute atomic E-state index is 2.33. The molecule has 0 bridgehead atoms. The van der Waals surface area contributed by atoms with Crippen molar-refractivity contribution in [3.05, 3.63) is 125 Å². The number of aryl methyl sites for hydroxylation is 3. The zero-order chi connectivity index (χ0) is 20.9. The van der Waals surface area contributed by atoms with E-state index in [0.29, 0.717) is 0 Å². The highest BCUT2D eigenvalue weighted by Crippen LogP contribution is 2.37. The van der Waals surface area contributed by atoms with Gasteiger partial charge < -0.3 is 4.90 Å². The minimum Gasteiger partial charge on any atom is -0.310 e. The van der Waals surface area contributed by atoms with Crippen molar-refractivity contribution < 1.29 is 0 Å². The Kier molecular flexibility index (Phi) is 5.81. The smallest absolute Gasteiger partial charge is 0.0490 e. The summed E-state index contributed by atoms with van der Waals surface area (Å²) in [6.07, 6.45) is 4.31. The Labute approximate surface area is 179 Å². The predicted octanol–water partition coefficient (Wildman–Crippen LogP) is 8.25. The van der Waals surface area contributed by atoms with E-state index in [4.69, 9.17) is 0 Å². The maximum Gasteiger partial charge on any atom is 0.0490 e. The van der Waals surface area contributed by atoms with E-state index in [9.17, 15) is 0 Å². The topological polar surface area (TPSA) is 3.24 Å². The van der Waals surface area contributed by atoms with Gasteiger partial charge in [0.15, 0.2) is 0 Å². The maximum atomic E-state index is 2.33. The summed E-state index contributed by atoms with van der Waals surface area (Å²) in [4.78, 5) is 2.33. The fourth-order valence-electron chi connectivity index (χ4n) is 3.67. The Morgan fingerprint density at radius 1 is 0.533 bits per heavy atom. The molecule has 0 unspecified atom stereocenters. The zero-order valence-electron chi connectivity index (χ0n) is 17.8. The molecule has 0 atom stereocenters. The van der Waals surface area contributed by atoms with Crippen LogP contribution in [-0.4, -0.2) is 0 Å². The van der Waals surface area contributed by atoms with Crippen LogP contribution in [0.5, 0.6) is 0 Å². The molecule has 0 saturated heterocycles. The molecule has 148 valence electrons. The van der Waals surface area contributed by atoms with Gasteiger partial charge in [-0.05, 0) is 67.8 Å². The largest absolute Gasteiger partial charge is 0.310 e. The van der Waals surface area contributed by atoms with Crippen molar-refractivity contribution in [3.63, 3.8) is 0 Å². The molecule has 0 amide bonds. The van der Waals surface area contributed by atoms with Crippen LogP contribution in [0.2, 0.25) is 0 Å². The molecule has 0 aliphatic heterocycles. The first-order chi connectivity index (χ1) is 14.6. The molecule has 0 fully saturated rings. The first kappa shape index (κ1) is 19.7. The number of benzene rings is 4. The number of rotatable bonds is 5. The van der Waals surface area contributed by atoms with Gasteiger partial charge in [0.05, 0.1) is 0 Å². The van der Waals surface area contributed by atoms with E-state index in [1.807, 2.05) is 6.07 Å². The van der Waals surface area contributed by atoms with Gasteiger partial charge in [-0.15, -0.1) is 0 Å². The van der Waals surface area contributed by atoms with E-state index in [-0.39, 0.29) is 0 Å². The second kappa shape index (κ2) is 8.84. The molecule has 0 radical (unpaired) electrons. The van der Waals surface area contributed by atoms with Gasteiger partial charge in [-0.2, -0.15) is 0 Å². The van der Waals surface area contributed by atoms with E-state index in [1.165, 1.54) is 39.2 Å². The summed E-state index contributed by atoms with van der Waals surface area (Å²) in [6.45, 7) is 6.44. The molecule has 4 aromatic rings. The van der Waals surface area contributed by atoms with Crippen molar-refractivity contribution in [2.75, 3.05) is 4.90 Å². The van der Waals surface area contributed by atoms with E-state index in [1.54, 1.807) is 0 Å². The Bertz CT molecular complexity index is 1140. The van der Waals surface area contributed by atoms with Gasteiger partial charge in [-0.1, -0.05) is 90.0 Å². The Morgan fingerprint density at radius 3 is 1.67 bits per heavy atom. The second-order valence-electron chi connectivity index (χ2n) is 7.80. The molecule has 1 nitrogen and oxygen atoms in total. The van der Waals surface area contributed by atoms with E-state index >= 15 is 0 Å². The van der Waals surface area contributed by atoms with E-state index in [2.05, 4.69) is 129 Å². The molecule has 0 N–H and O–H groups in total. The van der Waals surface area contributed by atoms with Crippen molar-refractivity contribution in [1.82, 2.24) is 0 Å². The van der Waals surface area contributed by atoms with Crippen molar-refractivity contribution in [3.8, 4) is 0 Å². The highest BCUT2D eigenvalue weighted by molar-refractivity contribution is 5.79. The highest BCUT2D eigenvalue weighted by Gasteiger charge is 2.14. The van der Waals surface area contributed by atoms with Gasteiger partial charge in [-0.3, -0.25) is 0 Å². The van der Waals surface area contributed by atoms with Crippen molar-refractivity contribution in [2.24, 2.45) is 0 Å². The number of nitrogens with zero attached hydrogens (tertiary/aromatic N) is 1. The summed E-state index contributed by atoms with van der Waals surface area (Å²) in [6, 6.07) is 34.5. The number of hydrogen-bond acceptors (Lipinski definition) is 1. The lowest BCUT2D eigenvalue weighted by Gasteiger charge is -2.27. The molecule has 0 aliphatic carbocycles. The van der Waals surface area contributed by atoms with Gasteiger partial charge in [-0.25, -0.2) is 0 Å². The summed E-state index contributed by atoms with van der Waals surface area (Å²) in [5.41, 5.74) is 9.73. The normalized spacial score (nSPS) is 11.0. The SMILES string of the molecule is Cc1ccc(N(c2ccc(C=Cc3ccccc3)cc2)c2ccc(C)cc2C)cc1. The van der Waals surface area contributed by atoms with Crippen molar-refractivity contribution >= 4 is 29.2 Å². The van der Waals surface area contributed by atoms with Gasteiger partial charge in [0.25, 0.3) is 0 Å². The molecule has 0 spiro atoms. The van der Waals surface area contributed by atoms with Gasteiger partial charge >= 0.3 is 0 Å². The Balaban J connectivity index is 1.70. The fraction of sp³-hybridized carbons (Fsp3) is 0.103. The summed E-state index contributed by atoms with van der Waals surface area (Å²) in [5.74, 6) is 0. The second-order valence-corrected chi connectivity index (χ2v) is 7.80. The molecule has 4 aromatic carbocycles. The fourth-order valence-corrected chi connectivity index (χ4v) is 3.67. The van der Waals surface area contributed by atoms with Gasteiger partial charge in [0.2, 0.25) is 0 Å². The van der Waals surface area contributed by atoms with Gasteiger partial charge in [0, 0.05) is 17.1 Å². The van der Waals surface area contributed by atoms with Crippen LogP contribution in [0.3, 0.4) is 0 Å². The third-order valence-corrected chi connectivity index (χ3v) is 5.30. The Morgan fingerprint density at radius 2 is 1.07 bits per heavy atom. The third kappa shape index (κ3) is 4.52. The first-order valence-electron chi connectivity index (χ1n) is 10.4. The van der Waals surface area contributed by atoms with Gasteiger partial charge in [0.1, 0.15) is 0 Å². The van der Waals surface area contributed by atoms with E-state index < -0.39 is 0 Å². The predicted molar refractivity (Wildman–Crippen MR) is 131 cm³/mol.